The Morgan fingerprint density at radius 3 is 2.50 bits per heavy atom. The normalized spacial score (nSPS) is 19.6. The minimum atomic E-state index is -0.239. The molecule has 0 aromatic rings. The molecular weight excluding hydrogens is 206 g/mol. The van der Waals surface area contributed by atoms with E-state index >= 15 is 0 Å². The molecule has 2 amide bonds. The van der Waals surface area contributed by atoms with Crippen LogP contribution >= 0.6 is 0 Å². The van der Waals surface area contributed by atoms with Gasteiger partial charge in [0.15, 0.2) is 0 Å². The Balaban J connectivity index is 2.67. The number of hydrogen-bond donors (Lipinski definition) is 2. The molecule has 1 aliphatic heterocycles. The second-order valence-electron chi connectivity index (χ2n) is 4.70. The molecule has 3 N–H and O–H groups in total. The number of amides is 2. The molecule has 0 radical (unpaired) electrons. The fourth-order valence-electron chi connectivity index (χ4n) is 1.99. The summed E-state index contributed by atoms with van der Waals surface area (Å²) in [4.78, 5) is 13.7. The minimum Gasteiger partial charge on any atom is -0.381 e. The summed E-state index contributed by atoms with van der Waals surface area (Å²) >= 11 is 0. The maximum absolute atomic E-state index is 11.9. The Bertz CT molecular complexity index is 237. The highest BCUT2D eigenvalue weighted by Crippen LogP contribution is 2.25. The fraction of sp³-hybridized carbons (Fsp3) is 0.909. The average Bonchev–Trinajstić information content (AvgIpc) is 2.28. The summed E-state index contributed by atoms with van der Waals surface area (Å²) in [6.45, 7) is 5.74. The molecule has 0 aliphatic carbocycles. The van der Waals surface area contributed by atoms with Gasteiger partial charge >= 0.3 is 6.03 Å². The Morgan fingerprint density at radius 2 is 2.06 bits per heavy atom. The molecule has 0 unspecified atom stereocenters. The number of rotatable bonds is 3. The van der Waals surface area contributed by atoms with Gasteiger partial charge in [0.1, 0.15) is 0 Å². The van der Waals surface area contributed by atoms with Crippen LogP contribution in [0.25, 0.3) is 0 Å². The van der Waals surface area contributed by atoms with Gasteiger partial charge in [0, 0.05) is 32.8 Å². The Kier molecular flexibility index (Phi) is 4.56. The van der Waals surface area contributed by atoms with Gasteiger partial charge in [-0.25, -0.2) is 4.79 Å². The molecule has 5 heteroatoms. The molecule has 0 aromatic heterocycles. The molecule has 0 bridgehead atoms. The van der Waals surface area contributed by atoms with Crippen molar-refractivity contribution in [3.05, 3.63) is 0 Å². The zero-order valence-corrected chi connectivity index (χ0v) is 10.5. The van der Waals surface area contributed by atoms with Crippen molar-refractivity contribution in [1.82, 2.24) is 10.2 Å². The topological polar surface area (TPSA) is 67.6 Å². The van der Waals surface area contributed by atoms with Crippen molar-refractivity contribution in [1.29, 1.82) is 0 Å². The van der Waals surface area contributed by atoms with Crippen LogP contribution in [-0.2, 0) is 4.74 Å². The predicted octanol–water partition coefficient (Wildman–Crippen LogP) is 0.544. The number of nitrogens with one attached hydrogen (secondary N) is 1. The van der Waals surface area contributed by atoms with Gasteiger partial charge in [-0.05, 0) is 26.7 Å². The summed E-state index contributed by atoms with van der Waals surface area (Å²) < 4.78 is 5.32. The van der Waals surface area contributed by atoms with Crippen LogP contribution in [0, 0.1) is 0 Å². The Labute approximate surface area is 97.3 Å². The van der Waals surface area contributed by atoms with Crippen molar-refractivity contribution in [3.63, 3.8) is 0 Å². The van der Waals surface area contributed by atoms with Gasteiger partial charge in [-0.2, -0.15) is 0 Å². The summed E-state index contributed by atoms with van der Waals surface area (Å²) in [7, 11) is 1.82. The van der Waals surface area contributed by atoms with Gasteiger partial charge < -0.3 is 20.7 Å². The van der Waals surface area contributed by atoms with Crippen molar-refractivity contribution in [3.8, 4) is 0 Å². The zero-order valence-electron chi connectivity index (χ0n) is 10.5. The first-order chi connectivity index (χ1) is 7.52. The molecule has 16 heavy (non-hydrogen) atoms. The van der Waals surface area contributed by atoms with E-state index in [1.165, 1.54) is 0 Å². The maximum Gasteiger partial charge on any atom is 0.317 e. The number of hydrogen-bond acceptors (Lipinski definition) is 3. The van der Waals surface area contributed by atoms with E-state index in [2.05, 4.69) is 5.32 Å². The standard InChI is InChI=1S/C11H23N3O2/c1-9(2)13-10(15)14(3)11(8-12)4-6-16-7-5-11/h9H,4-8,12H2,1-3H3,(H,13,15). The molecule has 1 heterocycles. The minimum absolute atomic E-state index is 0.0534. The highest BCUT2D eigenvalue weighted by atomic mass is 16.5. The third kappa shape index (κ3) is 2.86. The molecule has 1 aliphatic rings. The molecular formula is C11H23N3O2. The zero-order chi connectivity index (χ0) is 12.2. The quantitative estimate of drug-likeness (QED) is 0.742. The average molecular weight is 229 g/mol. The van der Waals surface area contributed by atoms with Crippen LogP contribution in [0.5, 0.6) is 0 Å². The van der Waals surface area contributed by atoms with Crippen molar-refractivity contribution >= 4 is 6.03 Å². The summed E-state index contributed by atoms with van der Waals surface area (Å²) in [5.41, 5.74) is 5.59. The molecule has 1 fully saturated rings. The van der Waals surface area contributed by atoms with Gasteiger partial charge in [-0.3, -0.25) is 0 Å². The first-order valence-corrected chi connectivity index (χ1v) is 5.84. The van der Waals surface area contributed by atoms with Crippen molar-refractivity contribution in [2.45, 2.75) is 38.3 Å². The summed E-state index contributed by atoms with van der Waals surface area (Å²) in [6.07, 6.45) is 1.62. The van der Waals surface area contributed by atoms with E-state index in [1.54, 1.807) is 4.90 Å². The van der Waals surface area contributed by atoms with Crippen LogP contribution in [0.3, 0.4) is 0 Å². The molecule has 1 rings (SSSR count). The molecule has 5 nitrogen and oxygen atoms in total. The number of nitrogens with two attached hydrogens (primary N) is 1. The lowest BCUT2D eigenvalue weighted by atomic mass is 9.88. The van der Waals surface area contributed by atoms with E-state index in [0.29, 0.717) is 19.8 Å². The predicted molar refractivity (Wildman–Crippen MR) is 63.3 cm³/mol. The molecule has 94 valence electrons. The number of ether oxygens (including phenoxy) is 1. The van der Waals surface area contributed by atoms with Crippen LogP contribution in [0.2, 0.25) is 0 Å². The lowest BCUT2D eigenvalue weighted by molar-refractivity contribution is 0.00249. The number of carbonyl (C=O) groups excluding carboxylic acids is 1. The van der Waals surface area contributed by atoms with Crippen LogP contribution in [0.4, 0.5) is 4.79 Å². The number of nitrogens with zero attached hydrogens (tertiary/aromatic N) is 1. The Hall–Kier alpha value is -0.810. The smallest absolute Gasteiger partial charge is 0.317 e. The maximum atomic E-state index is 11.9. The first kappa shape index (κ1) is 13.3. The van der Waals surface area contributed by atoms with Crippen LogP contribution in [0.1, 0.15) is 26.7 Å². The van der Waals surface area contributed by atoms with E-state index in [0.717, 1.165) is 12.8 Å². The number of carbonyl (C=O) groups is 1. The third-order valence-corrected chi connectivity index (χ3v) is 3.23. The van der Waals surface area contributed by atoms with E-state index in [1.807, 2.05) is 20.9 Å². The molecule has 1 saturated heterocycles. The van der Waals surface area contributed by atoms with Gasteiger partial charge in [-0.1, -0.05) is 0 Å². The molecule has 0 saturated carbocycles. The van der Waals surface area contributed by atoms with E-state index < -0.39 is 0 Å². The molecule has 0 aromatic carbocycles. The second kappa shape index (κ2) is 5.50. The van der Waals surface area contributed by atoms with Gasteiger partial charge in [0.2, 0.25) is 0 Å². The molecule has 0 spiro atoms. The summed E-state index contributed by atoms with van der Waals surface area (Å²) in [5, 5.41) is 2.89. The van der Waals surface area contributed by atoms with E-state index in [9.17, 15) is 4.79 Å². The van der Waals surface area contributed by atoms with Crippen LogP contribution in [0.15, 0.2) is 0 Å². The number of urea groups is 1. The highest BCUT2D eigenvalue weighted by Gasteiger charge is 2.37. The van der Waals surface area contributed by atoms with Gasteiger partial charge in [0.25, 0.3) is 0 Å². The lowest BCUT2D eigenvalue weighted by Gasteiger charge is -2.43. The summed E-state index contributed by atoms with van der Waals surface area (Å²) in [5.74, 6) is 0. The fourth-order valence-corrected chi connectivity index (χ4v) is 1.99. The van der Waals surface area contributed by atoms with Gasteiger partial charge in [0.05, 0.1) is 5.54 Å². The largest absolute Gasteiger partial charge is 0.381 e. The SMILES string of the molecule is CC(C)NC(=O)N(C)C1(CN)CCOCC1. The Morgan fingerprint density at radius 1 is 1.50 bits per heavy atom. The summed E-state index contributed by atoms with van der Waals surface area (Å²) in [6, 6.07) is 0.0898. The van der Waals surface area contributed by atoms with E-state index in [4.69, 9.17) is 10.5 Å². The number of likely N-dealkylation sites (N-methyl/N-ethyl adjacent to an activating group) is 1. The lowest BCUT2D eigenvalue weighted by Crippen LogP contribution is -2.60. The second-order valence-corrected chi connectivity index (χ2v) is 4.70. The molecule has 0 atom stereocenters. The monoisotopic (exact) mass is 229 g/mol. The van der Waals surface area contributed by atoms with E-state index in [-0.39, 0.29) is 17.6 Å². The van der Waals surface area contributed by atoms with Crippen LogP contribution in [-0.4, -0.2) is 49.3 Å². The highest BCUT2D eigenvalue weighted by molar-refractivity contribution is 5.75. The van der Waals surface area contributed by atoms with Crippen molar-refractivity contribution in [2.75, 3.05) is 26.8 Å². The van der Waals surface area contributed by atoms with Gasteiger partial charge in [-0.15, -0.1) is 0 Å². The first-order valence-electron chi connectivity index (χ1n) is 5.84. The van der Waals surface area contributed by atoms with Crippen LogP contribution < -0.4 is 11.1 Å². The van der Waals surface area contributed by atoms with Crippen molar-refractivity contribution in [2.24, 2.45) is 5.73 Å². The van der Waals surface area contributed by atoms with Crippen molar-refractivity contribution < 1.29 is 9.53 Å². The third-order valence-electron chi connectivity index (χ3n) is 3.23.